The largest absolute Gasteiger partial charge is 0.377 e. The maximum absolute atomic E-state index is 14.3. The average molecular weight is 347 g/mol. The molecule has 0 aliphatic heterocycles. The van der Waals surface area contributed by atoms with Crippen molar-refractivity contribution in [1.29, 1.82) is 0 Å². The molecule has 0 atom stereocenters. The van der Waals surface area contributed by atoms with Crippen molar-refractivity contribution in [2.45, 2.75) is 32.9 Å². The smallest absolute Gasteiger partial charge is 0.191 e. The molecule has 0 spiro atoms. The van der Waals surface area contributed by atoms with Crippen molar-refractivity contribution >= 4 is 5.96 Å². The van der Waals surface area contributed by atoms with Crippen LogP contribution in [-0.2, 0) is 11.3 Å². The number of halogens is 1. The molecule has 6 nitrogen and oxygen atoms in total. The number of hydrogen-bond acceptors (Lipinski definition) is 3. The first-order chi connectivity index (χ1) is 11.9. The van der Waals surface area contributed by atoms with Gasteiger partial charge in [0.1, 0.15) is 5.82 Å². The van der Waals surface area contributed by atoms with E-state index in [-0.39, 0.29) is 11.4 Å². The number of guanidine groups is 1. The highest BCUT2D eigenvalue weighted by Crippen LogP contribution is 2.15. The predicted molar refractivity (Wildman–Crippen MR) is 97.4 cm³/mol. The zero-order valence-corrected chi connectivity index (χ0v) is 15.2. The Kier molecular flexibility index (Phi) is 6.52. The van der Waals surface area contributed by atoms with Crippen LogP contribution < -0.4 is 10.6 Å². The Hall–Kier alpha value is -2.41. The van der Waals surface area contributed by atoms with Crippen LogP contribution in [0.4, 0.5) is 4.39 Å². The minimum absolute atomic E-state index is 0.297. The highest BCUT2D eigenvalue weighted by Gasteiger charge is 2.16. The predicted octanol–water partition coefficient (Wildman–Crippen LogP) is 2.49. The molecule has 1 aromatic carbocycles. The number of aromatic nitrogens is 2. The first-order valence-electron chi connectivity index (χ1n) is 8.29. The van der Waals surface area contributed by atoms with Gasteiger partial charge in [0.25, 0.3) is 0 Å². The van der Waals surface area contributed by atoms with Crippen molar-refractivity contribution in [3.05, 3.63) is 48.3 Å². The Morgan fingerprint density at radius 3 is 2.76 bits per heavy atom. The van der Waals surface area contributed by atoms with Crippen LogP contribution in [0.5, 0.6) is 0 Å². The molecular formula is C18H26FN5O. The molecule has 25 heavy (non-hydrogen) atoms. The van der Waals surface area contributed by atoms with Crippen LogP contribution in [0.25, 0.3) is 5.69 Å². The van der Waals surface area contributed by atoms with Gasteiger partial charge in [0.05, 0.1) is 24.2 Å². The molecule has 0 amide bonds. The first-order valence-corrected chi connectivity index (χ1v) is 8.29. The highest BCUT2D eigenvalue weighted by atomic mass is 19.1. The first kappa shape index (κ1) is 18.9. The maximum Gasteiger partial charge on any atom is 0.191 e. The van der Waals surface area contributed by atoms with Gasteiger partial charge in [0.2, 0.25) is 0 Å². The van der Waals surface area contributed by atoms with Crippen LogP contribution in [0.3, 0.4) is 0 Å². The molecule has 2 rings (SSSR count). The summed E-state index contributed by atoms with van der Waals surface area (Å²) in [5.74, 6) is 0.371. The van der Waals surface area contributed by atoms with Crippen molar-refractivity contribution in [3.8, 4) is 5.69 Å². The molecule has 136 valence electrons. The van der Waals surface area contributed by atoms with Crippen LogP contribution in [0.15, 0.2) is 41.9 Å². The summed E-state index contributed by atoms with van der Waals surface area (Å²) in [4.78, 5) is 8.44. The molecule has 0 unspecified atom stereocenters. The highest BCUT2D eigenvalue weighted by molar-refractivity contribution is 5.79. The second-order valence-corrected chi connectivity index (χ2v) is 6.27. The molecule has 1 heterocycles. The van der Waals surface area contributed by atoms with Crippen molar-refractivity contribution in [3.63, 3.8) is 0 Å². The molecule has 0 bridgehead atoms. The third kappa shape index (κ3) is 5.56. The van der Waals surface area contributed by atoms with Gasteiger partial charge in [-0.05, 0) is 38.5 Å². The van der Waals surface area contributed by atoms with Gasteiger partial charge < -0.3 is 19.9 Å². The van der Waals surface area contributed by atoms with E-state index in [9.17, 15) is 4.39 Å². The summed E-state index contributed by atoms with van der Waals surface area (Å²) >= 11 is 0. The van der Waals surface area contributed by atoms with E-state index in [1.807, 2.05) is 26.8 Å². The molecule has 0 radical (unpaired) electrons. The molecule has 2 aromatic rings. The topological polar surface area (TPSA) is 63.5 Å². The third-order valence-electron chi connectivity index (χ3n) is 3.79. The van der Waals surface area contributed by atoms with E-state index in [4.69, 9.17) is 4.74 Å². The van der Waals surface area contributed by atoms with Gasteiger partial charge in [-0.3, -0.25) is 0 Å². The van der Waals surface area contributed by atoms with Gasteiger partial charge in [0.15, 0.2) is 5.96 Å². The van der Waals surface area contributed by atoms with Crippen LogP contribution in [0.2, 0.25) is 0 Å². The number of benzene rings is 1. The zero-order valence-electron chi connectivity index (χ0n) is 15.2. The SMILES string of the molecule is CCNC(=NCc1ccc(-n2ccnc2)c(F)c1)NCC(C)(C)OC. The summed E-state index contributed by atoms with van der Waals surface area (Å²) in [6.45, 7) is 7.72. The fourth-order valence-electron chi connectivity index (χ4n) is 2.14. The van der Waals surface area contributed by atoms with E-state index in [2.05, 4.69) is 20.6 Å². The van der Waals surface area contributed by atoms with Crippen molar-refractivity contribution in [1.82, 2.24) is 20.2 Å². The molecule has 1 aromatic heterocycles. The summed E-state index contributed by atoms with van der Waals surface area (Å²) in [5, 5.41) is 6.41. The van der Waals surface area contributed by atoms with Crippen LogP contribution in [-0.4, -0.2) is 41.3 Å². The second kappa shape index (κ2) is 8.62. The van der Waals surface area contributed by atoms with Crippen molar-refractivity contribution < 1.29 is 9.13 Å². The number of hydrogen-bond donors (Lipinski definition) is 2. The normalized spacial score (nSPS) is 12.3. The summed E-state index contributed by atoms with van der Waals surface area (Å²) in [5.41, 5.74) is 0.969. The minimum atomic E-state index is -0.302. The Labute approximate surface area is 148 Å². The lowest BCUT2D eigenvalue weighted by atomic mass is 10.1. The molecule has 0 saturated heterocycles. The summed E-state index contributed by atoms with van der Waals surface area (Å²) in [6, 6.07) is 5.10. The van der Waals surface area contributed by atoms with Gasteiger partial charge >= 0.3 is 0 Å². The molecule has 0 aliphatic carbocycles. The van der Waals surface area contributed by atoms with Gasteiger partial charge in [-0.15, -0.1) is 0 Å². The van der Waals surface area contributed by atoms with Crippen LogP contribution in [0.1, 0.15) is 26.3 Å². The second-order valence-electron chi connectivity index (χ2n) is 6.27. The Morgan fingerprint density at radius 2 is 2.16 bits per heavy atom. The molecule has 0 aliphatic rings. The molecular weight excluding hydrogens is 321 g/mol. The molecule has 0 saturated carbocycles. The standard InChI is InChI=1S/C18H26FN5O/c1-5-21-17(23-12-18(2,3)25-4)22-11-14-6-7-16(15(19)10-14)24-9-8-20-13-24/h6-10,13H,5,11-12H2,1-4H3,(H2,21,22,23). The summed E-state index contributed by atoms with van der Waals surface area (Å²) < 4.78 is 21.3. The Bertz CT molecular complexity index is 697. The average Bonchev–Trinajstić information content (AvgIpc) is 3.12. The monoisotopic (exact) mass is 347 g/mol. The van der Waals surface area contributed by atoms with E-state index in [1.165, 1.54) is 6.07 Å². The van der Waals surface area contributed by atoms with Crippen molar-refractivity contribution in [2.24, 2.45) is 4.99 Å². The lowest BCUT2D eigenvalue weighted by Crippen LogP contribution is -2.45. The van der Waals surface area contributed by atoms with E-state index in [0.29, 0.717) is 24.7 Å². The van der Waals surface area contributed by atoms with Crippen LogP contribution >= 0.6 is 0 Å². The van der Waals surface area contributed by atoms with Gasteiger partial charge in [-0.2, -0.15) is 0 Å². The van der Waals surface area contributed by atoms with E-state index in [1.54, 1.807) is 36.5 Å². The number of nitrogens with one attached hydrogen (secondary N) is 2. The minimum Gasteiger partial charge on any atom is -0.377 e. The Morgan fingerprint density at radius 1 is 1.36 bits per heavy atom. The fraction of sp³-hybridized carbons (Fsp3) is 0.444. The quantitative estimate of drug-likeness (QED) is 0.597. The number of ether oxygens (including phenoxy) is 1. The maximum atomic E-state index is 14.3. The Balaban J connectivity index is 2.05. The van der Waals surface area contributed by atoms with Crippen LogP contribution in [0, 0.1) is 5.82 Å². The summed E-state index contributed by atoms with van der Waals surface area (Å²) in [6.07, 6.45) is 4.90. The molecule has 7 heteroatoms. The molecule has 0 fully saturated rings. The number of nitrogens with zero attached hydrogens (tertiary/aromatic N) is 3. The zero-order chi connectivity index (χ0) is 18.3. The van der Waals surface area contributed by atoms with Crippen molar-refractivity contribution in [2.75, 3.05) is 20.2 Å². The lowest BCUT2D eigenvalue weighted by Gasteiger charge is -2.24. The van der Waals surface area contributed by atoms with Gasteiger partial charge in [-0.1, -0.05) is 6.07 Å². The molecule has 2 N–H and O–H groups in total. The number of aliphatic imine (C=N–C) groups is 1. The van der Waals surface area contributed by atoms with E-state index < -0.39 is 0 Å². The number of methoxy groups -OCH3 is 1. The summed E-state index contributed by atoms with van der Waals surface area (Å²) in [7, 11) is 1.68. The number of imidazole rings is 1. The number of rotatable bonds is 7. The van der Waals surface area contributed by atoms with Gasteiger partial charge in [0, 0.05) is 32.6 Å². The van der Waals surface area contributed by atoms with Gasteiger partial charge in [-0.25, -0.2) is 14.4 Å². The van der Waals surface area contributed by atoms with E-state index >= 15 is 0 Å². The third-order valence-corrected chi connectivity index (χ3v) is 3.79. The van der Waals surface area contributed by atoms with E-state index in [0.717, 1.165) is 12.1 Å². The fourth-order valence-corrected chi connectivity index (χ4v) is 2.14. The lowest BCUT2D eigenvalue weighted by molar-refractivity contribution is 0.0268.